The molecule has 3 fully saturated rings. The summed E-state index contributed by atoms with van der Waals surface area (Å²) in [6.45, 7) is 10.2. The van der Waals surface area contributed by atoms with Gasteiger partial charge in [0.25, 0.3) is 0 Å². The zero-order chi connectivity index (χ0) is 41.6. The molecule has 16 nitrogen and oxygen atoms in total. The third-order valence-electron chi connectivity index (χ3n) is 10.8. The van der Waals surface area contributed by atoms with Gasteiger partial charge in [-0.05, 0) is 64.9 Å². The topological polar surface area (TPSA) is 228 Å². The fraction of sp³-hybridized carbons (Fsp3) is 0.600. The van der Waals surface area contributed by atoms with Gasteiger partial charge >= 0.3 is 0 Å². The zero-order valence-electron chi connectivity index (χ0n) is 33.4. The Bertz CT molecular complexity index is 1820. The number of aliphatic hydroxyl groups is 1. The molecule has 1 aliphatic carbocycles. The highest BCUT2D eigenvalue weighted by atomic mass is 32.1. The molecule has 9 atom stereocenters. The zero-order valence-corrected chi connectivity index (χ0v) is 34.2. The van der Waals surface area contributed by atoms with Gasteiger partial charge in [0.2, 0.25) is 41.4 Å². The fourth-order valence-corrected chi connectivity index (χ4v) is 8.81. The third kappa shape index (κ3) is 11.2. The lowest BCUT2D eigenvalue weighted by atomic mass is 9.98. The quantitative estimate of drug-likeness (QED) is 0.195. The van der Waals surface area contributed by atoms with Crippen LogP contribution in [0, 0.1) is 25.7 Å². The maximum atomic E-state index is 14.7. The predicted molar refractivity (Wildman–Crippen MR) is 211 cm³/mol. The average molecular weight is 809 g/mol. The third-order valence-corrected chi connectivity index (χ3v) is 11.9. The van der Waals surface area contributed by atoms with E-state index < -0.39 is 89.8 Å². The summed E-state index contributed by atoms with van der Waals surface area (Å²) in [5.74, 6) is -4.77. The number of carbonyl (C=O) groups excluding carboxylic acids is 7. The number of aryl methyl sites for hydroxylation is 2. The minimum absolute atomic E-state index is 0.00855. The highest BCUT2D eigenvalue weighted by molar-refractivity contribution is 7.11. The molecule has 2 aromatic rings. The Morgan fingerprint density at radius 3 is 2.25 bits per heavy atom. The van der Waals surface area contributed by atoms with Crippen molar-refractivity contribution in [1.82, 2.24) is 41.8 Å². The number of amides is 7. The van der Waals surface area contributed by atoms with Gasteiger partial charge in [0.15, 0.2) is 0 Å². The van der Waals surface area contributed by atoms with Crippen molar-refractivity contribution in [3.05, 3.63) is 51.5 Å². The number of rotatable bonds is 8. The van der Waals surface area contributed by atoms with E-state index >= 15 is 0 Å². The molecule has 1 aromatic heterocycles. The molecule has 1 aromatic carbocycles. The molecule has 0 radical (unpaired) electrons. The second-order valence-electron chi connectivity index (χ2n) is 16.0. The molecule has 2 saturated heterocycles. The first-order chi connectivity index (χ1) is 27.0. The van der Waals surface area contributed by atoms with Gasteiger partial charge in [-0.3, -0.25) is 33.6 Å². The second-order valence-corrected chi connectivity index (χ2v) is 17.3. The van der Waals surface area contributed by atoms with Crippen LogP contribution in [0.25, 0.3) is 0 Å². The highest BCUT2D eigenvalue weighted by Crippen LogP contribution is 2.27. The Kier molecular flexibility index (Phi) is 14.4. The molecular formula is C40H56N8O8S. The Morgan fingerprint density at radius 1 is 0.895 bits per heavy atom. The number of carbonyl (C=O) groups is 7. The van der Waals surface area contributed by atoms with Crippen molar-refractivity contribution in [2.75, 3.05) is 6.54 Å². The number of aromatic nitrogens is 1. The largest absolute Gasteiger partial charge is 0.391 e. The fourth-order valence-electron chi connectivity index (χ4n) is 7.88. The standard InChI is InChI=1S/C40H56N8O8S/c1-20(2)15-29-37(53)47-34(23(5)49)39(55)46-30(16-25-11-8-7-9-12-25)40(56)48-19-26(43-33(50)18-32-21(3)41-24(6)57-32)17-31(48)38(54)42-22(4)35(51)44-28-14-10-13-27(28)36(52)45-29/h7-9,11-12,20,22-23,26-31,34,49H,10,13-19H2,1-6H3,(H,42,54)(H,43,50)(H,44,51)(H,45,52)(H,46,55)(H,47,53)/t22-,23+,26+,27+,28+,29-,30-,31?,34-/m0/s1. The van der Waals surface area contributed by atoms with E-state index in [-0.39, 0.29) is 44.1 Å². The average Bonchev–Trinajstić information content (AvgIpc) is 3.87. The molecule has 7 N–H and O–H groups in total. The Balaban J connectivity index is 1.49. The summed E-state index contributed by atoms with van der Waals surface area (Å²) in [7, 11) is 0. The van der Waals surface area contributed by atoms with E-state index in [0.29, 0.717) is 24.8 Å². The lowest BCUT2D eigenvalue weighted by Gasteiger charge is -2.31. The lowest BCUT2D eigenvalue weighted by molar-refractivity contribution is -0.143. The van der Waals surface area contributed by atoms with Crippen LogP contribution in [-0.4, -0.2) is 111 Å². The molecule has 3 aliphatic rings. The van der Waals surface area contributed by atoms with Crippen LogP contribution in [0.4, 0.5) is 0 Å². The molecule has 5 rings (SSSR count). The van der Waals surface area contributed by atoms with Gasteiger partial charge in [0.1, 0.15) is 30.2 Å². The summed E-state index contributed by atoms with van der Waals surface area (Å²) >= 11 is 1.41. The molecule has 17 heteroatoms. The summed E-state index contributed by atoms with van der Waals surface area (Å²) in [4.78, 5) is 104. The van der Waals surface area contributed by atoms with E-state index in [0.717, 1.165) is 15.6 Å². The van der Waals surface area contributed by atoms with E-state index in [9.17, 15) is 38.7 Å². The first-order valence-corrected chi connectivity index (χ1v) is 20.6. The molecule has 0 bridgehead atoms. The first-order valence-electron chi connectivity index (χ1n) is 19.8. The van der Waals surface area contributed by atoms with Gasteiger partial charge < -0.3 is 41.9 Å². The summed E-state index contributed by atoms with van der Waals surface area (Å²) in [5.41, 5.74) is 1.43. The van der Waals surface area contributed by atoms with Crippen LogP contribution in [0.5, 0.6) is 0 Å². The molecule has 2 aliphatic heterocycles. The smallest absolute Gasteiger partial charge is 0.246 e. The van der Waals surface area contributed by atoms with E-state index in [1.54, 1.807) is 30.3 Å². The molecule has 3 heterocycles. The Labute approximate surface area is 337 Å². The lowest BCUT2D eigenvalue weighted by Crippen LogP contribution is -2.61. The van der Waals surface area contributed by atoms with Crippen molar-refractivity contribution in [3.8, 4) is 0 Å². The van der Waals surface area contributed by atoms with E-state index in [4.69, 9.17) is 0 Å². The van der Waals surface area contributed by atoms with Crippen molar-refractivity contribution in [2.24, 2.45) is 11.8 Å². The highest BCUT2D eigenvalue weighted by Gasteiger charge is 2.44. The number of thiazole rings is 1. The Hall–Kier alpha value is -4.90. The van der Waals surface area contributed by atoms with Crippen LogP contribution in [0.2, 0.25) is 0 Å². The summed E-state index contributed by atoms with van der Waals surface area (Å²) < 4.78 is 0. The number of aliphatic hydroxyl groups excluding tert-OH is 1. The van der Waals surface area contributed by atoms with Crippen LogP contribution < -0.4 is 31.9 Å². The molecule has 7 amide bonds. The van der Waals surface area contributed by atoms with Crippen molar-refractivity contribution in [2.45, 2.75) is 135 Å². The van der Waals surface area contributed by atoms with Crippen molar-refractivity contribution in [1.29, 1.82) is 0 Å². The van der Waals surface area contributed by atoms with Gasteiger partial charge in [-0.25, -0.2) is 4.98 Å². The normalized spacial score (nSPS) is 28.5. The maximum absolute atomic E-state index is 14.7. The molecular weight excluding hydrogens is 753 g/mol. The number of fused-ring (bicyclic) bond motifs is 2. The summed E-state index contributed by atoms with van der Waals surface area (Å²) in [6, 6.07) is 1.63. The van der Waals surface area contributed by atoms with Crippen LogP contribution >= 0.6 is 11.3 Å². The van der Waals surface area contributed by atoms with Gasteiger partial charge in [-0.1, -0.05) is 50.6 Å². The van der Waals surface area contributed by atoms with Crippen molar-refractivity contribution in [3.63, 3.8) is 0 Å². The SMILES string of the molecule is Cc1nc(C)c(CC(=O)N[C@@H]2CC3C(=O)N[C@@H](C)C(=O)N[C@@H]4CCC[C@H]4C(=O)N[C@@H](CC(C)C)C(=O)N[C@@H]([C@@H](C)O)C(=O)N[C@@H](Cc4ccccc4)C(=O)N3C2)s1. The van der Waals surface area contributed by atoms with Crippen LogP contribution in [0.15, 0.2) is 30.3 Å². The van der Waals surface area contributed by atoms with Crippen LogP contribution in [0.1, 0.15) is 80.9 Å². The Morgan fingerprint density at radius 2 is 1.60 bits per heavy atom. The van der Waals surface area contributed by atoms with Gasteiger partial charge in [-0.2, -0.15) is 0 Å². The van der Waals surface area contributed by atoms with Crippen molar-refractivity contribution < 1.29 is 38.7 Å². The van der Waals surface area contributed by atoms with Crippen molar-refractivity contribution >= 4 is 52.7 Å². The van der Waals surface area contributed by atoms with Gasteiger partial charge in [-0.15, -0.1) is 11.3 Å². The molecule has 310 valence electrons. The maximum Gasteiger partial charge on any atom is 0.246 e. The van der Waals surface area contributed by atoms with Gasteiger partial charge in [0, 0.05) is 29.9 Å². The number of nitrogens with one attached hydrogen (secondary N) is 6. The number of hydrogen-bond donors (Lipinski definition) is 7. The monoisotopic (exact) mass is 808 g/mol. The summed E-state index contributed by atoms with van der Waals surface area (Å²) in [5, 5.41) is 28.4. The summed E-state index contributed by atoms with van der Waals surface area (Å²) in [6.07, 6.45) is 0.517. The number of benzene rings is 1. The molecule has 1 saturated carbocycles. The molecule has 0 spiro atoms. The number of nitrogens with zero attached hydrogens (tertiary/aromatic N) is 2. The van der Waals surface area contributed by atoms with E-state index in [1.165, 1.54) is 30.1 Å². The molecule has 57 heavy (non-hydrogen) atoms. The minimum atomic E-state index is -1.51. The molecule has 1 unspecified atom stereocenters. The first kappa shape index (κ1) is 43.2. The minimum Gasteiger partial charge on any atom is -0.391 e. The number of hydrogen-bond acceptors (Lipinski definition) is 10. The van der Waals surface area contributed by atoms with Crippen LogP contribution in [-0.2, 0) is 46.4 Å². The second kappa shape index (κ2) is 19.0. The predicted octanol–water partition coefficient (Wildman–Crippen LogP) is 0.315. The van der Waals surface area contributed by atoms with Gasteiger partial charge in [0.05, 0.1) is 29.1 Å². The van der Waals surface area contributed by atoms with E-state index in [2.05, 4.69) is 36.9 Å². The van der Waals surface area contributed by atoms with E-state index in [1.807, 2.05) is 27.7 Å². The van der Waals surface area contributed by atoms with Crippen LogP contribution in [0.3, 0.4) is 0 Å².